The maximum Gasteiger partial charge on any atom is 0.460 e. The summed E-state index contributed by atoms with van der Waals surface area (Å²) in [6, 6.07) is 0. The molecular weight excluding hydrogens is 715 g/mol. The van der Waals surface area contributed by atoms with E-state index < -0.39 is 97.9 Å². The van der Waals surface area contributed by atoms with Gasteiger partial charge in [-0.05, 0) is 0 Å². The van der Waals surface area contributed by atoms with Crippen LogP contribution in [-0.2, 0) is 14.8 Å². The first-order valence-electron chi connectivity index (χ1n) is 8.92. The summed E-state index contributed by atoms with van der Waals surface area (Å²) in [4.78, 5) is 10.6. The van der Waals surface area contributed by atoms with E-state index in [2.05, 4.69) is 0 Å². The standard InChI is InChI=1S/C14H4F23NO4S/c1-38(3(15)2(4(39)40)5(16,17)12(30,31)32)43(41,42)14(36,37)11(28,29)9(24,25)7(20,21)6(18,19)8(22,23)10(26,27)13(33,34)35/h1H3,(H,39,40). The molecule has 0 spiro atoms. The van der Waals surface area contributed by atoms with Crippen LogP contribution in [0, 0.1) is 0 Å². The molecule has 0 aliphatic rings. The summed E-state index contributed by atoms with van der Waals surface area (Å²) in [6.07, 6.45) is -15.5. The molecular formula is C14H4F23NO4S. The number of halogens is 23. The third-order valence-electron chi connectivity index (χ3n) is 4.74. The SMILES string of the molecule is CN(C(F)=C(C(=O)O)C(F)(F)C(F)(F)F)S(=O)(=O)C(F)(F)C(F)(F)C(F)(F)C(F)(F)C(F)(F)C(F)(F)C(F)(F)C(F)(F)F. The lowest BCUT2D eigenvalue weighted by Crippen LogP contribution is -2.75. The molecule has 0 aromatic rings. The molecule has 0 radical (unpaired) electrons. The van der Waals surface area contributed by atoms with Crippen molar-refractivity contribution in [3.63, 3.8) is 0 Å². The molecule has 29 heteroatoms. The monoisotopic (exact) mass is 719 g/mol. The lowest BCUT2D eigenvalue weighted by atomic mass is 9.91. The topological polar surface area (TPSA) is 74.7 Å². The number of rotatable bonds is 11. The molecule has 0 unspecified atom stereocenters. The Hall–Kier alpha value is -2.65. The van der Waals surface area contributed by atoms with Crippen LogP contribution in [0.3, 0.4) is 0 Å². The molecule has 0 saturated heterocycles. The molecule has 256 valence electrons. The Morgan fingerprint density at radius 2 is 0.814 bits per heavy atom. The van der Waals surface area contributed by atoms with Crippen LogP contribution in [0.15, 0.2) is 11.5 Å². The molecule has 43 heavy (non-hydrogen) atoms. The smallest absolute Gasteiger partial charge is 0.460 e. The number of carbonyl (C=O) groups is 1. The van der Waals surface area contributed by atoms with Crippen molar-refractivity contribution < 1.29 is 119 Å². The zero-order valence-corrected chi connectivity index (χ0v) is 19.5. The van der Waals surface area contributed by atoms with E-state index in [-0.39, 0.29) is 0 Å². The van der Waals surface area contributed by atoms with Crippen molar-refractivity contribution in [1.82, 2.24) is 4.31 Å². The molecule has 5 nitrogen and oxygen atoms in total. The quantitative estimate of drug-likeness (QED) is 0.147. The summed E-state index contributed by atoms with van der Waals surface area (Å²) >= 11 is 0. The van der Waals surface area contributed by atoms with Gasteiger partial charge in [-0.25, -0.2) is 9.10 Å². The van der Waals surface area contributed by atoms with Gasteiger partial charge in [0, 0.05) is 7.05 Å². The molecule has 0 fully saturated rings. The van der Waals surface area contributed by atoms with E-state index in [1.54, 1.807) is 0 Å². The van der Waals surface area contributed by atoms with E-state index in [0.717, 1.165) is 0 Å². The van der Waals surface area contributed by atoms with Crippen molar-refractivity contribution in [2.24, 2.45) is 0 Å². The molecule has 0 aromatic heterocycles. The zero-order chi connectivity index (χ0) is 35.8. The minimum absolute atomic E-state index is 1.30. The van der Waals surface area contributed by atoms with Gasteiger partial charge in [0.25, 0.3) is 0 Å². The number of sulfonamides is 1. The van der Waals surface area contributed by atoms with Gasteiger partial charge < -0.3 is 5.11 Å². The molecule has 0 aliphatic carbocycles. The number of aliphatic carboxylic acids is 1. The third kappa shape index (κ3) is 5.24. The fourth-order valence-electron chi connectivity index (χ4n) is 2.24. The summed E-state index contributed by atoms with van der Waals surface area (Å²) in [5.41, 5.74) is -4.33. The lowest BCUT2D eigenvalue weighted by Gasteiger charge is -2.42. The predicted octanol–water partition coefficient (Wildman–Crippen LogP) is 6.68. The highest BCUT2D eigenvalue weighted by molar-refractivity contribution is 7.90. The third-order valence-corrected chi connectivity index (χ3v) is 6.53. The summed E-state index contributed by atoms with van der Waals surface area (Å²) in [5, 5.41) is -0.281. The molecule has 0 saturated carbocycles. The average Bonchev–Trinajstić information content (AvgIpc) is 2.75. The Bertz CT molecular complexity index is 1230. The van der Waals surface area contributed by atoms with Crippen molar-refractivity contribution in [2.75, 3.05) is 7.05 Å². The van der Waals surface area contributed by atoms with Gasteiger partial charge in [-0.15, -0.1) is 0 Å². The van der Waals surface area contributed by atoms with Gasteiger partial charge in [-0.1, -0.05) is 0 Å². The maximum absolute atomic E-state index is 14.0. The van der Waals surface area contributed by atoms with Crippen molar-refractivity contribution in [1.29, 1.82) is 0 Å². The van der Waals surface area contributed by atoms with E-state index in [1.165, 1.54) is 0 Å². The average molecular weight is 719 g/mol. The van der Waals surface area contributed by atoms with Crippen molar-refractivity contribution in [3.8, 4) is 0 Å². The first kappa shape index (κ1) is 40.4. The largest absolute Gasteiger partial charge is 0.478 e. The fourth-order valence-corrected chi connectivity index (χ4v) is 3.34. The van der Waals surface area contributed by atoms with Gasteiger partial charge in [-0.3, -0.25) is 0 Å². The number of alkyl halides is 22. The number of hydrogen-bond acceptors (Lipinski definition) is 3. The van der Waals surface area contributed by atoms with Crippen LogP contribution in [0.4, 0.5) is 101 Å². The van der Waals surface area contributed by atoms with Crippen molar-refractivity contribution >= 4 is 16.0 Å². The first-order chi connectivity index (χ1) is 18.1. The summed E-state index contributed by atoms with van der Waals surface area (Å²) in [7, 11) is -10.1. The second kappa shape index (κ2) is 10.2. The van der Waals surface area contributed by atoms with E-state index in [9.17, 15) is 114 Å². The Balaban J connectivity index is 7.47. The maximum atomic E-state index is 14.0. The Morgan fingerprint density at radius 3 is 1.07 bits per heavy atom. The van der Waals surface area contributed by atoms with Crippen LogP contribution < -0.4 is 0 Å². The highest BCUT2D eigenvalue weighted by atomic mass is 32.2. The van der Waals surface area contributed by atoms with E-state index in [0.29, 0.717) is 0 Å². The van der Waals surface area contributed by atoms with Crippen LogP contribution in [0.25, 0.3) is 0 Å². The van der Waals surface area contributed by atoms with Crippen LogP contribution in [-0.4, -0.2) is 89.9 Å². The Labute approximate surface area is 218 Å². The van der Waals surface area contributed by atoms with E-state index >= 15 is 0 Å². The van der Waals surface area contributed by atoms with Crippen LogP contribution >= 0.6 is 0 Å². The summed E-state index contributed by atoms with van der Waals surface area (Å²) < 4.78 is 323. The van der Waals surface area contributed by atoms with Gasteiger partial charge in [-0.2, -0.15) is 109 Å². The molecule has 0 aliphatic heterocycles. The number of hydrogen-bond donors (Lipinski definition) is 1. The van der Waals surface area contributed by atoms with Crippen LogP contribution in [0.2, 0.25) is 0 Å². The molecule has 0 rings (SSSR count). The summed E-state index contributed by atoms with van der Waals surface area (Å²) in [5.74, 6) is -70.2. The molecule has 0 atom stereocenters. The number of carboxylic acids is 1. The normalized spacial score (nSPS) is 16.7. The van der Waals surface area contributed by atoms with E-state index in [1.807, 2.05) is 0 Å². The van der Waals surface area contributed by atoms with Crippen LogP contribution in [0.5, 0.6) is 0 Å². The lowest BCUT2D eigenvalue weighted by molar-refractivity contribution is -0.458. The molecule has 0 heterocycles. The highest BCUT2D eigenvalue weighted by Gasteiger charge is 2.96. The minimum atomic E-state index is -9.33. The predicted molar refractivity (Wildman–Crippen MR) is 84.1 cm³/mol. The molecule has 0 aromatic carbocycles. The van der Waals surface area contributed by atoms with Gasteiger partial charge in [0.1, 0.15) is 0 Å². The van der Waals surface area contributed by atoms with Gasteiger partial charge in [0.15, 0.2) is 5.57 Å². The second-order valence-electron chi connectivity index (χ2n) is 7.48. The first-order valence-corrected chi connectivity index (χ1v) is 10.4. The second-order valence-corrected chi connectivity index (χ2v) is 9.49. The number of nitrogens with zero attached hydrogens (tertiary/aromatic N) is 1. The number of carboxylic acid groups (broad SMARTS) is 1. The van der Waals surface area contributed by atoms with Gasteiger partial charge >= 0.3 is 75.1 Å². The van der Waals surface area contributed by atoms with E-state index in [4.69, 9.17) is 5.11 Å². The van der Waals surface area contributed by atoms with Crippen LogP contribution in [0.1, 0.15) is 0 Å². The fraction of sp³-hybridized carbons (Fsp3) is 0.786. The molecule has 0 bridgehead atoms. The van der Waals surface area contributed by atoms with Crippen molar-refractivity contribution in [3.05, 3.63) is 11.5 Å². The minimum Gasteiger partial charge on any atom is -0.478 e. The summed E-state index contributed by atoms with van der Waals surface area (Å²) in [6.45, 7) is 0. The Morgan fingerprint density at radius 1 is 0.535 bits per heavy atom. The highest BCUT2D eigenvalue weighted by Crippen LogP contribution is 2.64. The molecule has 0 amide bonds. The van der Waals surface area contributed by atoms with Gasteiger partial charge in [0.05, 0.1) is 0 Å². The Kier molecular flexibility index (Phi) is 9.56. The zero-order valence-electron chi connectivity index (χ0n) is 18.7. The molecule has 1 N–H and O–H groups in total. The van der Waals surface area contributed by atoms with Crippen molar-refractivity contribution in [2.45, 2.75) is 59.1 Å². The van der Waals surface area contributed by atoms with Gasteiger partial charge in [0.2, 0.25) is 5.95 Å².